The first kappa shape index (κ1) is 11.9. The van der Waals surface area contributed by atoms with E-state index in [2.05, 4.69) is 5.16 Å². The van der Waals surface area contributed by atoms with Crippen molar-refractivity contribution in [1.82, 2.24) is 5.16 Å². The highest BCUT2D eigenvalue weighted by Crippen LogP contribution is 2.32. The van der Waals surface area contributed by atoms with Crippen molar-refractivity contribution >= 4 is 11.6 Å². The normalized spacial score (nSPS) is 10.3. The summed E-state index contributed by atoms with van der Waals surface area (Å²) in [6, 6.07) is 6.07. The number of nitro benzene ring substituents is 1. The third-order valence-electron chi connectivity index (χ3n) is 2.28. The number of hydrogen-bond donors (Lipinski definition) is 1. The van der Waals surface area contributed by atoms with Crippen molar-refractivity contribution in [2.45, 2.75) is 6.92 Å². The molecule has 0 saturated heterocycles. The van der Waals surface area contributed by atoms with Gasteiger partial charge in [-0.3, -0.25) is 10.1 Å². The summed E-state index contributed by atoms with van der Waals surface area (Å²) in [4.78, 5) is 10.4. The van der Waals surface area contributed by atoms with Crippen LogP contribution >= 0.6 is 0 Å². The van der Waals surface area contributed by atoms with Crippen LogP contribution < -0.4 is 10.5 Å². The van der Waals surface area contributed by atoms with Crippen molar-refractivity contribution < 1.29 is 14.2 Å². The number of ether oxygens (including phenoxy) is 1. The van der Waals surface area contributed by atoms with E-state index >= 15 is 0 Å². The summed E-state index contributed by atoms with van der Waals surface area (Å²) in [5.74, 6) is 0.379. The molecular weight excluding hydrogens is 238 g/mol. The SMILES string of the molecule is CCOc1ccc(-c2cc(N)on2)cc1[N+](=O)[O-]. The van der Waals surface area contributed by atoms with Gasteiger partial charge >= 0.3 is 5.69 Å². The molecule has 94 valence electrons. The van der Waals surface area contributed by atoms with Gasteiger partial charge in [0.15, 0.2) is 5.75 Å². The minimum Gasteiger partial charge on any atom is -0.487 e. The fraction of sp³-hybridized carbons (Fsp3) is 0.182. The van der Waals surface area contributed by atoms with Gasteiger partial charge in [-0.25, -0.2) is 0 Å². The van der Waals surface area contributed by atoms with Crippen molar-refractivity contribution in [1.29, 1.82) is 0 Å². The molecule has 0 saturated carbocycles. The zero-order chi connectivity index (χ0) is 13.1. The second kappa shape index (κ2) is 4.74. The van der Waals surface area contributed by atoms with Crippen LogP contribution in [-0.4, -0.2) is 16.7 Å². The maximum atomic E-state index is 10.9. The third-order valence-corrected chi connectivity index (χ3v) is 2.28. The smallest absolute Gasteiger partial charge is 0.311 e. The number of nitrogens with zero attached hydrogens (tertiary/aromatic N) is 2. The molecule has 0 amide bonds. The zero-order valence-corrected chi connectivity index (χ0v) is 9.62. The number of nitrogens with two attached hydrogens (primary N) is 1. The van der Waals surface area contributed by atoms with E-state index in [4.69, 9.17) is 15.0 Å². The Bertz CT molecular complexity index is 579. The first-order valence-corrected chi connectivity index (χ1v) is 5.25. The molecule has 18 heavy (non-hydrogen) atoms. The maximum absolute atomic E-state index is 10.9. The molecule has 7 heteroatoms. The van der Waals surface area contributed by atoms with Crippen molar-refractivity contribution in [3.8, 4) is 17.0 Å². The van der Waals surface area contributed by atoms with Gasteiger partial charge in [0.2, 0.25) is 5.88 Å². The Morgan fingerprint density at radius 2 is 2.28 bits per heavy atom. The second-order valence-electron chi connectivity index (χ2n) is 3.49. The van der Waals surface area contributed by atoms with Gasteiger partial charge < -0.3 is 15.0 Å². The van der Waals surface area contributed by atoms with E-state index in [0.717, 1.165) is 0 Å². The molecule has 7 nitrogen and oxygen atoms in total. The van der Waals surface area contributed by atoms with Crippen molar-refractivity contribution in [2.24, 2.45) is 0 Å². The van der Waals surface area contributed by atoms with Gasteiger partial charge in [-0.2, -0.15) is 0 Å². The second-order valence-corrected chi connectivity index (χ2v) is 3.49. The number of nitro groups is 1. The van der Waals surface area contributed by atoms with E-state index in [0.29, 0.717) is 17.9 Å². The van der Waals surface area contributed by atoms with Gasteiger partial charge in [0.05, 0.1) is 11.5 Å². The van der Waals surface area contributed by atoms with Crippen LogP contribution in [0.1, 0.15) is 6.92 Å². The van der Waals surface area contributed by atoms with Crippen LogP contribution in [0.2, 0.25) is 0 Å². The molecular formula is C11H11N3O4. The third kappa shape index (κ3) is 2.24. The van der Waals surface area contributed by atoms with E-state index in [1.165, 1.54) is 18.2 Å². The lowest BCUT2D eigenvalue weighted by Gasteiger charge is -2.04. The van der Waals surface area contributed by atoms with Gasteiger partial charge in [-0.1, -0.05) is 5.16 Å². The fourth-order valence-corrected chi connectivity index (χ4v) is 1.52. The monoisotopic (exact) mass is 249 g/mol. The lowest BCUT2D eigenvalue weighted by Crippen LogP contribution is -1.97. The van der Waals surface area contributed by atoms with Crippen molar-refractivity contribution in [3.05, 3.63) is 34.4 Å². The van der Waals surface area contributed by atoms with E-state index in [1.54, 1.807) is 13.0 Å². The minimum absolute atomic E-state index is 0.115. The van der Waals surface area contributed by atoms with Crippen molar-refractivity contribution in [2.75, 3.05) is 12.3 Å². The summed E-state index contributed by atoms with van der Waals surface area (Å²) in [5, 5.41) is 14.6. The van der Waals surface area contributed by atoms with Crippen LogP contribution in [0, 0.1) is 10.1 Å². The van der Waals surface area contributed by atoms with Crippen molar-refractivity contribution in [3.63, 3.8) is 0 Å². The average molecular weight is 249 g/mol. The van der Waals surface area contributed by atoms with E-state index < -0.39 is 4.92 Å². The molecule has 2 N–H and O–H groups in total. The van der Waals surface area contributed by atoms with Crippen LogP contribution in [-0.2, 0) is 0 Å². The Balaban J connectivity index is 2.46. The molecule has 0 aliphatic heterocycles. The summed E-state index contributed by atoms with van der Waals surface area (Å²) in [6.07, 6.45) is 0. The molecule has 1 heterocycles. The summed E-state index contributed by atoms with van der Waals surface area (Å²) in [7, 11) is 0. The Morgan fingerprint density at radius 3 is 2.83 bits per heavy atom. The Labute approximate surface area is 102 Å². The fourth-order valence-electron chi connectivity index (χ4n) is 1.52. The van der Waals surface area contributed by atoms with Crippen LogP contribution in [0.5, 0.6) is 5.75 Å². The average Bonchev–Trinajstić information content (AvgIpc) is 2.76. The number of rotatable bonds is 4. The first-order valence-electron chi connectivity index (χ1n) is 5.25. The highest BCUT2D eigenvalue weighted by molar-refractivity contribution is 5.67. The quantitative estimate of drug-likeness (QED) is 0.658. The molecule has 0 spiro atoms. The number of anilines is 1. The van der Waals surface area contributed by atoms with E-state index in [9.17, 15) is 10.1 Å². The lowest BCUT2D eigenvalue weighted by atomic mass is 10.1. The van der Waals surface area contributed by atoms with E-state index in [-0.39, 0.29) is 17.3 Å². The summed E-state index contributed by atoms with van der Waals surface area (Å²) >= 11 is 0. The molecule has 1 aromatic heterocycles. The first-order chi connectivity index (χ1) is 8.61. The van der Waals surface area contributed by atoms with Gasteiger partial charge in [0.1, 0.15) is 5.69 Å². The van der Waals surface area contributed by atoms with E-state index in [1.807, 2.05) is 0 Å². The molecule has 2 rings (SSSR count). The number of nitrogen functional groups attached to an aromatic ring is 1. The summed E-state index contributed by atoms with van der Waals surface area (Å²) in [6.45, 7) is 2.12. The molecule has 0 fully saturated rings. The highest BCUT2D eigenvalue weighted by atomic mass is 16.6. The Hall–Kier alpha value is -2.57. The van der Waals surface area contributed by atoms with Crippen LogP contribution in [0.4, 0.5) is 11.6 Å². The molecule has 0 bridgehead atoms. The molecule has 1 aromatic carbocycles. The molecule has 0 aliphatic carbocycles. The number of hydrogen-bond acceptors (Lipinski definition) is 6. The van der Waals surface area contributed by atoms with Crippen LogP contribution in [0.15, 0.2) is 28.8 Å². The molecule has 0 unspecified atom stereocenters. The topological polar surface area (TPSA) is 104 Å². The highest BCUT2D eigenvalue weighted by Gasteiger charge is 2.17. The largest absolute Gasteiger partial charge is 0.487 e. The summed E-state index contributed by atoms with van der Waals surface area (Å²) < 4.78 is 9.91. The van der Waals surface area contributed by atoms with Crippen LogP contribution in [0.25, 0.3) is 11.3 Å². The number of aromatic nitrogens is 1. The van der Waals surface area contributed by atoms with Gasteiger partial charge in [0.25, 0.3) is 0 Å². The summed E-state index contributed by atoms with van der Waals surface area (Å²) in [5.41, 5.74) is 6.28. The van der Waals surface area contributed by atoms with Crippen LogP contribution in [0.3, 0.4) is 0 Å². The maximum Gasteiger partial charge on any atom is 0.311 e. The van der Waals surface area contributed by atoms with Gasteiger partial charge in [-0.15, -0.1) is 0 Å². The molecule has 0 aliphatic rings. The molecule has 0 radical (unpaired) electrons. The predicted molar refractivity (Wildman–Crippen MR) is 64.2 cm³/mol. The Kier molecular flexibility index (Phi) is 3.13. The predicted octanol–water partition coefficient (Wildman–Crippen LogP) is 2.23. The lowest BCUT2D eigenvalue weighted by molar-refractivity contribution is -0.385. The van der Waals surface area contributed by atoms with Gasteiger partial charge in [-0.05, 0) is 19.1 Å². The zero-order valence-electron chi connectivity index (χ0n) is 9.62. The molecule has 2 aromatic rings. The standard InChI is InChI=1S/C11H11N3O4/c1-2-17-10-4-3-7(5-9(10)14(15)16)8-6-11(12)18-13-8/h3-6H,2,12H2,1H3. The Morgan fingerprint density at radius 1 is 1.50 bits per heavy atom. The minimum atomic E-state index is -0.502. The van der Waals surface area contributed by atoms with Gasteiger partial charge in [0, 0.05) is 17.7 Å². The molecule has 0 atom stereocenters. The number of benzene rings is 1.